The van der Waals surface area contributed by atoms with Crippen LogP contribution in [0.1, 0.15) is 180 Å². The first-order chi connectivity index (χ1) is 24.4. The van der Waals surface area contributed by atoms with Crippen LogP contribution in [0.3, 0.4) is 0 Å². The number of rotatable bonds is 40. The van der Waals surface area contributed by atoms with Crippen LogP contribution >= 0.6 is 0 Å². The van der Waals surface area contributed by atoms with Crippen LogP contribution in [0.15, 0.2) is 50.6 Å². The Morgan fingerprint density at radius 1 is 0.353 bits per heavy atom. The predicted octanol–water partition coefficient (Wildman–Crippen LogP) is 9.36. The first kappa shape index (κ1) is 54.4. The third-order valence-corrected chi connectivity index (χ3v) is 9.24. The van der Waals surface area contributed by atoms with Gasteiger partial charge in [-0.15, -0.1) is 26.3 Å². The molecule has 0 saturated carbocycles. The molecule has 0 heterocycles. The second-order valence-electron chi connectivity index (χ2n) is 14.1. The molecule has 0 saturated heterocycles. The number of hydrogen-bond donors (Lipinski definition) is 0. The van der Waals surface area contributed by atoms with Crippen molar-refractivity contribution in [2.24, 2.45) is 0 Å². The van der Waals surface area contributed by atoms with Crippen LogP contribution in [0, 0.1) is 0 Å². The molecule has 0 rings (SSSR count). The van der Waals surface area contributed by atoms with Crippen molar-refractivity contribution >= 4 is 49.7 Å². The van der Waals surface area contributed by atoms with Crippen LogP contribution in [-0.2, 0) is 9.59 Å². The van der Waals surface area contributed by atoms with Crippen LogP contribution in [-0.4, -0.2) is 98.7 Å². The smallest absolute Gasteiger partial charge is 0.549 e. The molecule has 0 aliphatic carbocycles. The first-order valence-corrected chi connectivity index (χ1v) is 20.7. The molecular weight excluding hydrogens is 661 g/mol. The first-order valence-electron chi connectivity index (χ1n) is 20.7. The predicted molar refractivity (Wildman–Crippen MR) is 219 cm³/mol. The van der Waals surface area contributed by atoms with Gasteiger partial charge in [-0.05, 0) is 103 Å². The molecule has 0 amide bonds. The van der Waals surface area contributed by atoms with Crippen molar-refractivity contribution in [3.05, 3.63) is 50.6 Å². The van der Waals surface area contributed by atoms with Crippen LogP contribution in [0.2, 0.25) is 0 Å². The molecule has 0 aromatic rings. The second-order valence-corrected chi connectivity index (χ2v) is 14.1. The molecule has 0 N–H and O–H groups in total. The van der Waals surface area contributed by atoms with Gasteiger partial charge in [0.1, 0.15) is 0 Å². The zero-order valence-corrected chi connectivity index (χ0v) is 35.6. The van der Waals surface area contributed by atoms with Crippen LogP contribution in [0.5, 0.6) is 0 Å². The Hall–Kier alpha value is -0.920. The number of aliphatic carboxylic acids is 2. The molecule has 51 heavy (non-hydrogen) atoms. The maximum Gasteiger partial charge on any atom is 2.00 e. The number of carboxylic acids is 2. The van der Waals surface area contributed by atoms with Gasteiger partial charge in [0, 0.05) is 13.1 Å². The summed E-state index contributed by atoms with van der Waals surface area (Å²) in [6, 6.07) is 0. The number of carbonyl (C=O) groups excluding carboxylic acids is 2. The average Bonchev–Trinajstić information content (AvgIpc) is 3.09. The van der Waals surface area contributed by atoms with Crippen molar-refractivity contribution < 1.29 is 19.8 Å². The molecule has 0 unspecified atom stereocenters. The number of carbonyl (C=O) groups is 2. The van der Waals surface area contributed by atoms with E-state index in [4.69, 9.17) is 0 Å². The molecule has 0 fully saturated rings. The summed E-state index contributed by atoms with van der Waals surface area (Å²) in [5.41, 5.74) is 0. The van der Waals surface area contributed by atoms with Gasteiger partial charge in [-0.2, -0.15) is 0 Å². The molecule has 0 aliphatic heterocycles. The maximum absolute atomic E-state index is 10.9. The standard InChI is InChI=1S/2C22H41NO2.Ca/c2*1-3-5-7-9-11-13-15-17-19-23(21-22(24)25)20-18-16-14-12-10-8-6-4-2;/h2*3-4H,1-2,5-21H2,(H,24,25);/q;;+2/p-2. The van der Waals surface area contributed by atoms with Gasteiger partial charge in [0.15, 0.2) is 0 Å². The van der Waals surface area contributed by atoms with Crippen LogP contribution in [0.4, 0.5) is 0 Å². The monoisotopic (exact) mass is 741 g/mol. The third-order valence-electron chi connectivity index (χ3n) is 9.24. The van der Waals surface area contributed by atoms with Crippen LogP contribution < -0.4 is 10.2 Å². The van der Waals surface area contributed by atoms with E-state index in [0.29, 0.717) is 0 Å². The Balaban J connectivity index is -0.000000886. The fourth-order valence-electron chi connectivity index (χ4n) is 6.23. The molecule has 0 aliphatic rings. The van der Waals surface area contributed by atoms with E-state index in [2.05, 4.69) is 36.1 Å². The van der Waals surface area contributed by atoms with E-state index in [9.17, 15) is 19.8 Å². The average molecular weight is 741 g/mol. The molecule has 0 bridgehead atoms. The molecule has 0 aromatic carbocycles. The molecule has 0 spiro atoms. The number of hydrogen-bond acceptors (Lipinski definition) is 6. The van der Waals surface area contributed by atoms with Crippen molar-refractivity contribution in [3.8, 4) is 0 Å². The van der Waals surface area contributed by atoms with Gasteiger partial charge in [0.25, 0.3) is 0 Å². The summed E-state index contributed by atoms with van der Waals surface area (Å²) in [4.78, 5) is 25.9. The second kappa shape index (κ2) is 47.1. The number of allylic oxidation sites excluding steroid dienone is 4. The van der Waals surface area contributed by atoms with Gasteiger partial charge in [0.05, 0.1) is 11.9 Å². The Morgan fingerprint density at radius 2 is 0.529 bits per heavy atom. The number of nitrogens with zero attached hydrogens (tertiary/aromatic N) is 2. The molecule has 0 radical (unpaired) electrons. The Bertz CT molecular complexity index is 679. The van der Waals surface area contributed by atoms with Crippen LogP contribution in [0.25, 0.3) is 0 Å². The third kappa shape index (κ3) is 49.1. The summed E-state index contributed by atoms with van der Waals surface area (Å²) in [5, 5.41) is 21.8. The summed E-state index contributed by atoms with van der Waals surface area (Å²) >= 11 is 0. The zero-order chi connectivity index (χ0) is 37.2. The van der Waals surface area contributed by atoms with Gasteiger partial charge in [-0.3, -0.25) is 9.80 Å². The fraction of sp³-hybridized carbons (Fsp3) is 0.773. The summed E-state index contributed by atoms with van der Waals surface area (Å²) < 4.78 is 0. The van der Waals surface area contributed by atoms with Gasteiger partial charge in [0.2, 0.25) is 0 Å². The summed E-state index contributed by atoms with van der Waals surface area (Å²) in [6.45, 7) is 18.7. The Morgan fingerprint density at radius 3 is 0.706 bits per heavy atom. The minimum Gasteiger partial charge on any atom is -0.549 e. The van der Waals surface area contributed by atoms with Gasteiger partial charge in [-0.25, -0.2) is 0 Å². The van der Waals surface area contributed by atoms with Crippen molar-refractivity contribution in [2.45, 2.75) is 180 Å². The summed E-state index contributed by atoms with van der Waals surface area (Å²) in [5.74, 6) is -1.90. The van der Waals surface area contributed by atoms with E-state index in [-0.39, 0.29) is 50.8 Å². The fourth-order valence-corrected chi connectivity index (χ4v) is 6.23. The SMILES string of the molecule is C=CCCCCCCCCN(CCCCCCCCC=C)CC(=O)[O-].C=CCCCCCCCCN(CCCCCCCCC=C)CC(=O)[O-].[Ca+2]. The normalized spacial score (nSPS) is 10.7. The van der Waals surface area contributed by atoms with E-state index in [0.717, 1.165) is 77.5 Å². The van der Waals surface area contributed by atoms with Crippen molar-refractivity contribution in [1.29, 1.82) is 0 Å². The minimum absolute atomic E-state index is 0. The molecule has 7 heteroatoms. The minimum atomic E-state index is -0.950. The largest absolute Gasteiger partial charge is 2.00 e. The van der Waals surface area contributed by atoms with E-state index in [1.54, 1.807) is 0 Å². The maximum atomic E-state index is 10.9. The summed E-state index contributed by atoms with van der Waals surface area (Å²) in [6.07, 6.45) is 41.8. The number of carboxylic acid groups (broad SMARTS) is 2. The van der Waals surface area contributed by atoms with Crippen molar-refractivity contribution in [3.63, 3.8) is 0 Å². The topological polar surface area (TPSA) is 86.7 Å². The molecule has 292 valence electrons. The molecule has 0 aromatic heterocycles. The van der Waals surface area contributed by atoms with Crippen molar-refractivity contribution in [1.82, 2.24) is 9.80 Å². The molecule has 6 nitrogen and oxygen atoms in total. The Kier molecular flexibility index (Phi) is 50.3. The van der Waals surface area contributed by atoms with E-state index < -0.39 is 11.9 Å². The van der Waals surface area contributed by atoms with E-state index in [1.165, 1.54) is 128 Å². The molecule has 0 atom stereocenters. The van der Waals surface area contributed by atoms with Gasteiger partial charge < -0.3 is 19.8 Å². The van der Waals surface area contributed by atoms with Gasteiger partial charge >= 0.3 is 37.7 Å². The Labute approximate surface area is 346 Å². The van der Waals surface area contributed by atoms with Crippen molar-refractivity contribution in [2.75, 3.05) is 39.3 Å². The summed E-state index contributed by atoms with van der Waals surface area (Å²) in [7, 11) is 0. The quantitative estimate of drug-likeness (QED) is 0.0354. The van der Waals surface area contributed by atoms with Gasteiger partial charge in [-0.1, -0.05) is 127 Å². The zero-order valence-electron chi connectivity index (χ0n) is 33.4. The van der Waals surface area contributed by atoms with E-state index >= 15 is 0 Å². The van der Waals surface area contributed by atoms with E-state index in [1.807, 2.05) is 24.3 Å². The molecular formula is C44H80CaN2O4. The number of unbranched alkanes of at least 4 members (excludes halogenated alkanes) is 24.